The van der Waals surface area contributed by atoms with E-state index >= 15 is 0 Å². The lowest BCUT2D eigenvalue weighted by Crippen LogP contribution is -2.54. The molecule has 2 rings (SSSR count). The lowest BCUT2D eigenvalue weighted by atomic mass is 10.2. The Bertz CT molecular complexity index is 866. The van der Waals surface area contributed by atoms with Crippen molar-refractivity contribution in [1.82, 2.24) is 15.5 Å². The molecular formula is C21H27N5O6. The zero-order valence-electron chi connectivity index (χ0n) is 17.9. The van der Waals surface area contributed by atoms with Crippen molar-refractivity contribution in [2.75, 3.05) is 44.2 Å². The van der Waals surface area contributed by atoms with E-state index in [0.717, 1.165) is 12.1 Å². The Kier molecular flexibility index (Phi) is 9.28. The van der Waals surface area contributed by atoms with Crippen molar-refractivity contribution in [3.8, 4) is 6.07 Å². The van der Waals surface area contributed by atoms with E-state index < -0.39 is 24.0 Å². The first-order chi connectivity index (χ1) is 15.3. The number of alkyl carbamates (subject to hydrolysis) is 1. The molecule has 172 valence electrons. The molecule has 1 fully saturated rings. The number of carbonyl (C=O) groups is 4. The predicted molar refractivity (Wildman–Crippen MR) is 114 cm³/mol. The molecule has 0 spiro atoms. The molecule has 3 amide bonds. The standard InChI is InChI=1S/C21H27N5O6/c1-2-3-10-32-21(31)24-17(20(29)30)12-23-18(27)13-26-9-8-25(14-19(26)28)16-6-4-15(11-22)5-7-16/h4-7,17H,2-3,8-10,12-14H2,1H3,(H,23,27)(H,24,31)(H,29,30). The van der Waals surface area contributed by atoms with Crippen LogP contribution in [0.2, 0.25) is 0 Å². The van der Waals surface area contributed by atoms with Gasteiger partial charge in [-0.05, 0) is 30.7 Å². The molecule has 0 saturated carbocycles. The highest BCUT2D eigenvalue weighted by molar-refractivity contribution is 5.88. The number of hydrogen-bond donors (Lipinski definition) is 3. The second kappa shape index (κ2) is 12.1. The summed E-state index contributed by atoms with van der Waals surface area (Å²) in [6.07, 6.45) is 0.620. The van der Waals surface area contributed by atoms with Crippen LogP contribution < -0.4 is 15.5 Å². The summed E-state index contributed by atoms with van der Waals surface area (Å²) >= 11 is 0. The Morgan fingerprint density at radius 1 is 1.25 bits per heavy atom. The number of carbonyl (C=O) groups excluding carboxylic acids is 3. The second-order valence-electron chi connectivity index (χ2n) is 7.22. The van der Waals surface area contributed by atoms with E-state index in [-0.39, 0.29) is 32.1 Å². The van der Waals surface area contributed by atoms with Gasteiger partial charge in [0.05, 0.1) is 31.3 Å². The Morgan fingerprint density at radius 3 is 2.56 bits per heavy atom. The van der Waals surface area contributed by atoms with Gasteiger partial charge in [0.15, 0.2) is 0 Å². The van der Waals surface area contributed by atoms with Crippen molar-refractivity contribution in [3.05, 3.63) is 29.8 Å². The summed E-state index contributed by atoms with van der Waals surface area (Å²) in [5.41, 5.74) is 1.33. The van der Waals surface area contributed by atoms with Crippen LogP contribution in [0.25, 0.3) is 0 Å². The lowest BCUT2D eigenvalue weighted by molar-refractivity contribution is -0.140. The van der Waals surface area contributed by atoms with Crippen LogP contribution in [0.1, 0.15) is 25.3 Å². The van der Waals surface area contributed by atoms with Crippen LogP contribution in [0.4, 0.5) is 10.5 Å². The zero-order valence-corrected chi connectivity index (χ0v) is 17.9. The average Bonchev–Trinajstić information content (AvgIpc) is 2.78. The fraction of sp³-hybridized carbons (Fsp3) is 0.476. The molecule has 0 radical (unpaired) electrons. The summed E-state index contributed by atoms with van der Waals surface area (Å²) in [5.74, 6) is -2.09. The molecule has 11 nitrogen and oxygen atoms in total. The molecule has 0 aromatic heterocycles. The van der Waals surface area contributed by atoms with Gasteiger partial charge in [-0.25, -0.2) is 9.59 Å². The number of carboxylic acid groups (broad SMARTS) is 1. The summed E-state index contributed by atoms with van der Waals surface area (Å²) in [5, 5.41) is 22.7. The minimum absolute atomic E-state index is 0.0854. The molecule has 1 unspecified atom stereocenters. The molecule has 32 heavy (non-hydrogen) atoms. The summed E-state index contributed by atoms with van der Waals surface area (Å²) in [4.78, 5) is 50.9. The van der Waals surface area contributed by atoms with Crippen molar-refractivity contribution >= 4 is 29.6 Å². The quantitative estimate of drug-likeness (QED) is 0.435. The highest BCUT2D eigenvalue weighted by Gasteiger charge is 2.27. The number of aliphatic carboxylic acids is 1. The van der Waals surface area contributed by atoms with E-state index in [4.69, 9.17) is 10.00 Å². The van der Waals surface area contributed by atoms with Crippen LogP contribution in [0.15, 0.2) is 24.3 Å². The minimum atomic E-state index is -1.35. The summed E-state index contributed by atoms with van der Waals surface area (Å²) in [6.45, 7) is 2.46. The largest absolute Gasteiger partial charge is 0.480 e. The molecule has 3 N–H and O–H groups in total. The van der Waals surface area contributed by atoms with Gasteiger partial charge in [0.2, 0.25) is 11.8 Å². The lowest BCUT2D eigenvalue weighted by Gasteiger charge is -2.35. The van der Waals surface area contributed by atoms with Gasteiger partial charge in [-0.2, -0.15) is 5.26 Å². The molecule has 0 aliphatic carbocycles. The predicted octanol–water partition coefficient (Wildman–Crippen LogP) is 0.303. The topological polar surface area (TPSA) is 152 Å². The molecule has 1 saturated heterocycles. The van der Waals surface area contributed by atoms with E-state index in [1.54, 1.807) is 24.3 Å². The van der Waals surface area contributed by atoms with Crippen LogP contribution in [0.3, 0.4) is 0 Å². The van der Waals surface area contributed by atoms with Crippen LogP contribution in [-0.4, -0.2) is 79.3 Å². The molecule has 1 atom stereocenters. The SMILES string of the molecule is CCCCOC(=O)NC(CNC(=O)CN1CCN(c2ccc(C#N)cc2)CC1=O)C(=O)O. The number of hydrogen-bond acceptors (Lipinski definition) is 7. The Hall–Kier alpha value is -3.81. The van der Waals surface area contributed by atoms with Gasteiger partial charge in [0.1, 0.15) is 6.04 Å². The first-order valence-electron chi connectivity index (χ1n) is 10.3. The van der Waals surface area contributed by atoms with E-state index in [0.29, 0.717) is 25.1 Å². The maximum Gasteiger partial charge on any atom is 0.407 e. The van der Waals surface area contributed by atoms with Crippen molar-refractivity contribution in [1.29, 1.82) is 5.26 Å². The highest BCUT2D eigenvalue weighted by Crippen LogP contribution is 2.17. The van der Waals surface area contributed by atoms with Crippen molar-refractivity contribution < 1.29 is 29.0 Å². The Labute approximate surface area is 185 Å². The van der Waals surface area contributed by atoms with Crippen LogP contribution >= 0.6 is 0 Å². The first kappa shape index (κ1) is 24.5. The Morgan fingerprint density at radius 2 is 1.97 bits per heavy atom. The molecule has 1 aliphatic rings. The maximum absolute atomic E-state index is 12.4. The normalized spacial score (nSPS) is 14.3. The second-order valence-corrected chi connectivity index (χ2v) is 7.22. The van der Waals surface area contributed by atoms with Gasteiger partial charge in [-0.3, -0.25) is 9.59 Å². The third-order valence-electron chi connectivity index (χ3n) is 4.84. The van der Waals surface area contributed by atoms with Gasteiger partial charge in [-0.1, -0.05) is 13.3 Å². The van der Waals surface area contributed by atoms with Crippen LogP contribution in [-0.2, 0) is 19.1 Å². The zero-order chi connectivity index (χ0) is 23.5. The first-order valence-corrected chi connectivity index (χ1v) is 10.3. The maximum atomic E-state index is 12.4. The summed E-state index contributed by atoms with van der Waals surface area (Å²) in [6, 6.07) is 7.56. The van der Waals surface area contributed by atoms with E-state index in [2.05, 4.69) is 10.6 Å². The number of nitrogens with one attached hydrogen (secondary N) is 2. The highest BCUT2D eigenvalue weighted by atomic mass is 16.5. The number of amides is 3. The van der Waals surface area contributed by atoms with Crippen molar-refractivity contribution in [3.63, 3.8) is 0 Å². The van der Waals surface area contributed by atoms with Gasteiger partial charge in [-0.15, -0.1) is 0 Å². The monoisotopic (exact) mass is 445 g/mol. The number of anilines is 1. The summed E-state index contributed by atoms with van der Waals surface area (Å²) in [7, 11) is 0. The van der Waals surface area contributed by atoms with Gasteiger partial charge >= 0.3 is 12.1 Å². The molecule has 1 aromatic carbocycles. The van der Waals surface area contributed by atoms with E-state index in [1.165, 1.54) is 4.90 Å². The third kappa shape index (κ3) is 7.46. The number of nitriles is 1. The van der Waals surface area contributed by atoms with Gasteiger partial charge in [0.25, 0.3) is 0 Å². The van der Waals surface area contributed by atoms with Gasteiger partial charge in [0, 0.05) is 25.3 Å². The fourth-order valence-corrected chi connectivity index (χ4v) is 2.98. The van der Waals surface area contributed by atoms with Gasteiger partial charge < -0.3 is 30.3 Å². The third-order valence-corrected chi connectivity index (χ3v) is 4.84. The number of nitrogens with zero attached hydrogens (tertiary/aromatic N) is 3. The number of carboxylic acids is 1. The van der Waals surface area contributed by atoms with Crippen molar-refractivity contribution in [2.24, 2.45) is 0 Å². The van der Waals surface area contributed by atoms with Crippen molar-refractivity contribution in [2.45, 2.75) is 25.8 Å². The smallest absolute Gasteiger partial charge is 0.407 e. The minimum Gasteiger partial charge on any atom is -0.480 e. The number of rotatable bonds is 10. The van der Waals surface area contributed by atoms with E-state index in [9.17, 15) is 24.3 Å². The average molecular weight is 445 g/mol. The van der Waals surface area contributed by atoms with Crippen LogP contribution in [0.5, 0.6) is 0 Å². The Balaban J connectivity index is 1.79. The molecule has 1 aliphatic heterocycles. The molecule has 1 aromatic rings. The van der Waals surface area contributed by atoms with E-state index in [1.807, 2.05) is 17.9 Å². The summed E-state index contributed by atoms with van der Waals surface area (Å²) < 4.78 is 4.87. The molecule has 11 heteroatoms. The number of unbranched alkanes of at least 4 members (excludes halogenated alkanes) is 1. The molecule has 1 heterocycles. The number of ether oxygens (including phenoxy) is 1. The number of piperazine rings is 1. The molecular weight excluding hydrogens is 418 g/mol. The number of benzene rings is 1. The fourth-order valence-electron chi connectivity index (χ4n) is 2.98. The molecule has 0 bridgehead atoms. The van der Waals surface area contributed by atoms with Crippen LogP contribution in [0, 0.1) is 11.3 Å².